The molecule has 4 heteroatoms. The van der Waals surface area contributed by atoms with Crippen molar-refractivity contribution < 1.29 is 13.9 Å². The van der Waals surface area contributed by atoms with Crippen LogP contribution >= 0.6 is 0 Å². The van der Waals surface area contributed by atoms with Gasteiger partial charge in [0.2, 0.25) is 0 Å². The summed E-state index contributed by atoms with van der Waals surface area (Å²) in [4.78, 5) is 0. The Hall–Kier alpha value is -0.970. The summed E-state index contributed by atoms with van der Waals surface area (Å²) in [6.45, 7) is 5.83. The molecule has 0 amide bonds. The largest absolute Gasteiger partial charge is 0.379 e. The molecule has 2 N–H and O–H groups in total. The minimum Gasteiger partial charge on any atom is -0.379 e. The zero-order chi connectivity index (χ0) is 13.4. The van der Waals surface area contributed by atoms with Crippen LogP contribution in [0.5, 0.6) is 0 Å². The lowest BCUT2D eigenvalue weighted by Gasteiger charge is -2.20. The maximum absolute atomic E-state index is 12.8. The topological polar surface area (TPSA) is 44.5 Å². The lowest BCUT2D eigenvalue weighted by Crippen LogP contribution is -2.27. The minimum absolute atomic E-state index is 0.124. The van der Waals surface area contributed by atoms with E-state index >= 15 is 0 Å². The van der Waals surface area contributed by atoms with Gasteiger partial charge in [0, 0.05) is 6.61 Å². The van der Waals surface area contributed by atoms with E-state index in [1.54, 1.807) is 12.1 Å². The van der Waals surface area contributed by atoms with Crippen LogP contribution in [-0.2, 0) is 9.47 Å². The van der Waals surface area contributed by atoms with E-state index < -0.39 is 0 Å². The van der Waals surface area contributed by atoms with E-state index in [1.807, 2.05) is 6.92 Å². The van der Waals surface area contributed by atoms with Crippen LogP contribution in [0.25, 0.3) is 0 Å². The Morgan fingerprint density at radius 2 is 1.83 bits per heavy atom. The zero-order valence-corrected chi connectivity index (χ0v) is 11.1. The molecule has 0 aliphatic heterocycles. The van der Waals surface area contributed by atoms with Gasteiger partial charge in [-0.25, -0.2) is 4.39 Å². The number of hydrogen-bond acceptors (Lipinski definition) is 3. The summed E-state index contributed by atoms with van der Waals surface area (Å²) < 4.78 is 23.7. The van der Waals surface area contributed by atoms with Crippen LogP contribution in [0.3, 0.4) is 0 Å². The summed E-state index contributed by atoms with van der Waals surface area (Å²) in [5.74, 6) is -0.257. The molecule has 102 valence electrons. The van der Waals surface area contributed by atoms with Gasteiger partial charge in [0.1, 0.15) is 5.82 Å². The normalized spacial score (nSPS) is 14.4. The third kappa shape index (κ3) is 5.12. The van der Waals surface area contributed by atoms with Crippen molar-refractivity contribution in [3.63, 3.8) is 0 Å². The Balaban J connectivity index is 2.32. The second-order valence-corrected chi connectivity index (χ2v) is 4.27. The Labute approximate surface area is 108 Å². The lowest BCUT2D eigenvalue weighted by molar-refractivity contribution is 0.00214. The number of ether oxygens (including phenoxy) is 2. The third-order valence-corrected chi connectivity index (χ3v) is 2.72. The Morgan fingerprint density at radius 3 is 2.44 bits per heavy atom. The minimum atomic E-state index is -0.257. The monoisotopic (exact) mass is 255 g/mol. The molecule has 0 radical (unpaired) electrons. The van der Waals surface area contributed by atoms with Crippen LogP contribution in [0.1, 0.15) is 31.9 Å². The van der Waals surface area contributed by atoms with Gasteiger partial charge in [-0.15, -0.1) is 0 Å². The number of nitrogens with two attached hydrogens (primary N) is 1. The van der Waals surface area contributed by atoms with E-state index in [1.165, 1.54) is 12.1 Å². The van der Waals surface area contributed by atoms with Gasteiger partial charge in [-0.3, -0.25) is 0 Å². The third-order valence-electron chi connectivity index (χ3n) is 2.72. The first-order valence-electron chi connectivity index (χ1n) is 6.35. The fourth-order valence-corrected chi connectivity index (χ4v) is 1.60. The smallest absolute Gasteiger partial charge is 0.123 e. The molecule has 2 unspecified atom stereocenters. The summed E-state index contributed by atoms with van der Waals surface area (Å²) in [5, 5.41) is 0. The van der Waals surface area contributed by atoms with E-state index in [9.17, 15) is 4.39 Å². The molecule has 1 aromatic carbocycles. The van der Waals surface area contributed by atoms with Crippen LogP contribution in [0.2, 0.25) is 0 Å². The average molecular weight is 255 g/mol. The highest BCUT2D eigenvalue weighted by Crippen LogP contribution is 2.16. The zero-order valence-electron chi connectivity index (χ0n) is 11.1. The fourth-order valence-electron chi connectivity index (χ4n) is 1.60. The highest BCUT2D eigenvalue weighted by molar-refractivity contribution is 5.20. The number of rotatable bonds is 8. The highest BCUT2D eigenvalue weighted by Gasteiger charge is 2.15. The van der Waals surface area contributed by atoms with Gasteiger partial charge in [0.05, 0.1) is 25.4 Å². The second kappa shape index (κ2) is 8.19. The number of benzene rings is 1. The van der Waals surface area contributed by atoms with E-state index in [0.29, 0.717) is 13.2 Å². The molecule has 0 aliphatic carbocycles. The SMILES string of the molecule is CCCOCCOC(C)C(N)c1ccc(F)cc1. The molecule has 0 aliphatic rings. The molecular weight excluding hydrogens is 233 g/mol. The van der Waals surface area contributed by atoms with E-state index in [0.717, 1.165) is 18.6 Å². The molecule has 0 heterocycles. The van der Waals surface area contributed by atoms with E-state index in [2.05, 4.69) is 6.92 Å². The first-order valence-corrected chi connectivity index (χ1v) is 6.35. The van der Waals surface area contributed by atoms with Gasteiger partial charge in [0.15, 0.2) is 0 Å². The van der Waals surface area contributed by atoms with Gasteiger partial charge < -0.3 is 15.2 Å². The standard InChI is InChI=1S/C14H22FNO2/c1-3-8-17-9-10-18-11(2)14(16)12-4-6-13(15)7-5-12/h4-7,11,14H,3,8-10,16H2,1-2H3. The first kappa shape index (κ1) is 15.1. The Bertz CT molecular complexity index is 329. The summed E-state index contributed by atoms with van der Waals surface area (Å²) in [6.07, 6.45) is 0.880. The van der Waals surface area contributed by atoms with Gasteiger partial charge in [-0.05, 0) is 31.0 Å². The molecule has 0 aromatic heterocycles. The molecule has 1 aromatic rings. The summed E-state index contributed by atoms with van der Waals surface area (Å²) in [5.41, 5.74) is 6.91. The number of halogens is 1. The van der Waals surface area contributed by atoms with Crippen molar-refractivity contribution in [2.75, 3.05) is 19.8 Å². The maximum atomic E-state index is 12.8. The molecule has 2 atom stereocenters. The summed E-state index contributed by atoms with van der Waals surface area (Å²) in [7, 11) is 0. The fraction of sp³-hybridized carbons (Fsp3) is 0.571. The average Bonchev–Trinajstić information content (AvgIpc) is 2.38. The Kier molecular flexibility index (Phi) is 6.86. The second-order valence-electron chi connectivity index (χ2n) is 4.27. The molecule has 3 nitrogen and oxygen atoms in total. The van der Waals surface area contributed by atoms with Crippen molar-refractivity contribution in [2.45, 2.75) is 32.4 Å². The van der Waals surface area contributed by atoms with E-state index in [-0.39, 0.29) is 18.0 Å². The predicted octanol–water partition coefficient (Wildman–Crippen LogP) is 2.66. The van der Waals surface area contributed by atoms with Crippen molar-refractivity contribution in [1.29, 1.82) is 0 Å². The van der Waals surface area contributed by atoms with E-state index in [4.69, 9.17) is 15.2 Å². The highest BCUT2D eigenvalue weighted by atomic mass is 19.1. The summed E-state index contributed by atoms with van der Waals surface area (Å²) in [6, 6.07) is 5.94. The quantitative estimate of drug-likeness (QED) is 0.726. The summed E-state index contributed by atoms with van der Waals surface area (Å²) >= 11 is 0. The van der Waals surface area contributed by atoms with Crippen LogP contribution in [0, 0.1) is 5.82 Å². The van der Waals surface area contributed by atoms with Crippen molar-refractivity contribution >= 4 is 0 Å². The molecule has 0 saturated carbocycles. The van der Waals surface area contributed by atoms with Crippen molar-refractivity contribution in [3.8, 4) is 0 Å². The number of hydrogen-bond donors (Lipinski definition) is 1. The predicted molar refractivity (Wildman–Crippen MR) is 69.9 cm³/mol. The molecule has 0 fully saturated rings. The van der Waals surface area contributed by atoms with Crippen molar-refractivity contribution in [2.24, 2.45) is 5.73 Å². The van der Waals surface area contributed by atoms with Gasteiger partial charge >= 0.3 is 0 Å². The lowest BCUT2D eigenvalue weighted by atomic mass is 10.0. The molecule has 0 saturated heterocycles. The van der Waals surface area contributed by atoms with Gasteiger partial charge in [0.25, 0.3) is 0 Å². The van der Waals surface area contributed by atoms with Crippen molar-refractivity contribution in [1.82, 2.24) is 0 Å². The van der Waals surface area contributed by atoms with Crippen LogP contribution in [0.15, 0.2) is 24.3 Å². The van der Waals surface area contributed by atoms with Crippen LogP contribution in [-0.4, -0.2) is 25.9 Å². The van der Waals surface area contributed by atoms with Crippen LogP contribution < -0.4 is 5.73 Å². The molecule has 18 heavy (non-hydrogen) atoms. The van der Waals surface area contributed by atoms with Gasteiger partial charge in [-0.1, -0.05) is 19.1 Å². The first-order chi connectivity index (χ1) is 8.65. The molecular formula is C14H22FNO2. The van der Waals surface area contributed by atoms with Gasteiger partial charge in [-0.2, -0.15) is 0 Å². The van der Waals surface area contributed by atoms with Crippen LogP contribution in [0.4, 0.5) is 4.39 Å². The maximum Gasteiger partial charge on any atom is 0.123 e. The molecule has 0 bridgehead atoms. The molecule has 0 spiro atoms. The Morgan fingerprint density at radius 1 is 1.17 bits per heavy atom. The molecule has 1 rings (SSSR count). The van der Waals surface area contributed by atoms with Crippen molar-refractivity contribution in [3.05, 3.63) is 35.6 Å².